The van der Waals surface area contributed by atoms with Gasteiger partial charge in [0.1, 0.15) is 11.6 Å². The minimum Gasteiger partial charge on any atom is -0.383 e. The second-order valence-corrected chi connectivity index (χ2v) is 5.60. The number of hydrogen-bond acceptors (Lipinski definition) is 8. The molecule has 0 aliphatic rings. The van der Waals surface area contributed by atoms with Gasteiger partial charge in [0.2, 0.25) is 5.95 Å². The lowest BCUT2D eigenvalue weighted by Gasteiger charge is -2.22. The van der Waals surface area contributed by atoms with Crippen molar-refractivity contribution < 1.29 is 0 Å². The molecular weight excluding hydrogens is 286 g/mol. The maximum Gasteiger partial charge on any atom is 0.229 e. The van der Waals surface area contributed by atoms with Crippen molar-refractivity contribution in [1.82, 2.24) is 19.6 Å². The van der Waals surface area contributed by atoms with Gasteiger partial charge >= 0.3 is 0 Å². The van der Waals surface area contributed by atoms with E-state index in [4.69, 9.17) is 5.73 Å². The Kier molecular flexibility index (Phi) is 4.89. The van der Waals surface area contributed by atoms with Crippen LogP contribution >= 0.6 is 11.5 Å². The summed E-state index contributed by atoms with van der Waals surface area (Å²) in [7, 11) is 1.98. The van der Waals surface area contributed by atoms with Crippen molar-refractivity contribution in [1.29, 1.82) is 0 Å². The number of nitrogens with two attached hydrogens (primary N) is 1. The molecule has 2 aromatic rings. The van der Waals surface area contributed by atoms with Crippen LogP contribution in [0, 0.1) is 6.92 Å². The van der Waals surface area contributed by atoms with Crippen LogP contribution in [0.3, 0.4) is 0 Å². The summed E-state index contributed by atoms with van der Waals surface area (Å²) in [6.45, 7) is 8.51. The lowest BCUT2D eigenvalue weighted by atomic mass is 10.3. The normalized spacial score (nSPS) is 10.7. The van der Waals surface area contributed by atoms with Crippen molar-refractivity contribution in [3.05, 3.63) is 16.6 Å². The van der Waals surface area contributed by atoms with Gasteiger partial charge < -0.3 is 15.5 Å². The highest BCUT2D eigenvalue weighted by Gasteiger charge is 2.13. The molecule has 0 amide bonds. The fourth-order valence-corrected chi connectivity index (χ4v) is 2.66. The molecule has 0 fully saturated rings. The molecule has 2 aromatic heterocycles. The first kappa shape index (κ1) is 15.4. The fraction of sp³-hybridized carbons (Fsp3) is 0.538. The summed E-state index contributed by atoms with van der Waals surface area (Å²) in [4.78, 5) is 14.2. The average Bonchev–Trinajstić information content (AvgIpc) is 2.85. The van der Waals surface area contributed by atoms with Crippen LogP contribution in [-0.4, -0.2) is 39.7 Å². The van der Waals surface area contributed by atoms with Gasteiger partial charge in [0.15, 0.2) is 0 Å². The largest absolute Gasteiger partial charge is 0.383 e. The van der Waals surface area contributed by atoms with Crippen LogP contribution < -0.4 is 15.5 Å². The molecule has 0 bridgehead atoms. The fourth-order valence-electron chi connectivity index (χ4n) is 1.98. The monoisotopic (exact) mass is 307 g/mol. The molecule has 0 aliphatic heterocycles. The van der Waals surface area contributed by atoms with Crippen LogP contribution in [0.4, 0.5) is 17.6 Å². The van der Waals surface area contributed by atoms with E-state index in [1.54, 1.807) is 6.07 Å². The number of rotatable bonds is 6. The van der Waals surface area contributed by atoms with Crippen molar-refractivity contribution in [3.8, 4) is 0 Å². The van der Waals surface area contributed by atoms with Crippen LogP contribution in [0.5, 0.6) is 0 Å². The third kappa shape index (κ3) is 3.57. The molecule has 0 spiro atoms. The molecule has 8 heteroatoms. The third-order valence-corrected chi connectivity index (χ3v) is 4.09. The summed E-state index contributed by atoms with van der Waals surface area (Å²) in [5.74, 6) is 1.95. The highest BCUT2D eigenvalue weighted by molar-refractivity contribution is 7.05. The Morgan fingerprint density at radius 3 is 2.52 bits per heavy atom. The minimum absolute atomic E-state index is 0.480. The molecule has 0 aliphatic carbocycles. The van der Waals surface area contributed by atoms with Crippen molar-refractivity contribution in [3.63, 3.8) is 0 Å². The van der Waals surface area contributed by atoms with Gasteiger partial charge in [0.05, 0.1) is 17.1 Å². The van der Waals surface area contributed by atoms with Crippen LogP contribution in [-0.2, 0) is 6.54 Å². The van der Waals surface area contributed by atoms with Crippen molar-refractivity contribution in [2.45, 2.75) is 27.3 Å². The van der Waals surface area contributed by atoms with Crippen LogP contribution in [0.15, 0.2) is 6.07 Å². The highest BCUT2D eigenvalue weighted by atomic mass is 32.1. The first-order valence-corrected chi connectivity index (χ1v) is 7.71. The smallest absolute Gasteiger partial charge is 0.229 e. The third-order valence-electron chi connectivity index (χ3n) is 3.28. The molecule has 0 unspecified atom stereocenters. The summed E-state index contributed by atoms with van der Waals surface area (Å²) in [5, 5.41) is 4.03. The number of anilines is 3. The summed E-state index contributed by atoms with van der Waals surface area (Å²) in [6.07, 6.45) is 0. The van der Waals surface area contributed by atoms with E-state index < -0.39 is 0 Å². The number of aromatic nitrogens is 4. The van der Waals surface area contributed by atoms with Gasteiger partial charge in [-0.2, -0.15) is 9.97 Å². The van der Waals surface area contributed by atoms with E-state index in [0.717, 1.165) is 29.5 Å². The van der Waals surface area contributed by atoms with Gasteiger partial charge in [0, 0.05) is 26.2 Å². The zero-order valence-corrected chi connectivity index (χ0v) is 13.7. The quantitative estimate of drug-likeness (QED) is 0.869. The van der Waals surface area contributed by atoms with Crippen molar-refractivity contribution in [2.24, 2.45) is 0 Å². The molecule has 114 valence electrons. The van der Waals surface area contributed by atoms with E-state index in [0.29, 0.717) is 18.3 Å². The molecule has 0 atom stereocenters. The van der Waals surface area contributed by atoms with Gasteiger partial charge in [-0.3, -0.25) is 0 Å². The Labute approximate surface area is 129 Å². The standard InChI is InChI=1S/C13H21N7S/c1-5-20(6-2)13-15-11(14)7-12(16-13)19(4)8-10-9(3)17-18-21-10/h7H,5-6,8H2,1-4H3,(H2,14,15,16). The zero-order chi connectivity index (χ0) is 15.4. The van der Waals surface area contributed by atoms with Crippen LogP contribution in [0.1, 0.15) is 24.4 Å². The second kappa shape index (κ2) is 6.66. The molecule has 0 saturated carbocycles. The highest BCUT2D eigenvalue weighted by Crippen LogP contribution is 2.21. The molecule has 7 nitrogen and oxygen atoms in total. The summed E-state index contributed by atoms with van der Waals surface area (Å²) >= 11 is 1.41. The van der Waals surface area contributed by atoms with Crippen LogP contribution in [0.2, 0.25) is 0 Å². The Bertz CT molecular complexity index is 594. The predicted molar refractivity (Wildman–Crippen MR) is 86.8 cm³/mol. The molecule has 2 heterocycles. The molecule has 0 aromatic carbocycles. The van der Waals surface area contributed by atoms with E-state index in [1.165, 1.54) is 11.5 Å². The van der Waals surface area contributed by atoms with E-state index in [-0.39, 0.29) is 0 Å². The maximum absolute atomic E-state index is 5.92. The molecular formula is C13H21N7S. The Morgan fingerprint density at radius 2 is 1.95 bits per heavy atom. The molecule has 2 rings (SSSR count). The lowest BCUT2D eigenvalue weighted by molar-refractivity contribution is 0.811. The van der Waals surface area contributed by atoms with E-state index in [9.17, 15) is 0 Å². The number of hydrogen-bond donors (Lipinski definition) is 1. The first-order valence-electron chi connectivity index (χ1n) is 6.93. The molecule has 0 saturated heterocycles. The van der Waals surface area contributed by atoms with Gasteiger partial charge in [-0.15, -0.1) is 5.10 Å². The lowest BCUT2D eigenvalue weighted by Crippen LogP contribution is -2.26. The minimum atomic E-state index is 0.480. The van der Waals surface area contributed by atoms with Gasteiger partial charge in [0.25, 0.3) is 0 Å². The topological polar surface area (TPSA) is 84.1 Å². The van der Waals surface area contributed by atoms with Gasteiger partial charge in [-0.05, 0) is 32.3 Å². The van der Waals surface area contributed by atoms with E-state index in [2.05, 4.69) is 38.3 Å². The van der Waals surface area contributed by atoms with Crippen molar-refractivity contribution in [2.75, 3.05) is 35.7 Å². The molecule has 21 heavy (non-hydrogen) atoms. The Morgan fingerprint density at radius 1 is 1.24 bits per heavy atom. The number of nitrogens with zero attached hydrogens (tertiary/aromatic N) is 6. The Hall–Kier alpha value is -1.96. The van der Waals surface area contributed by atoms with Crippen molar-refractivity contribution >= 4 is 29.1 Å². The summed E-state index contributed by atoms with van der Waals surface area (Å²) in [5.41, 5.74) is 6.88. The number of nitrogen functional groups attached to an aromatic ring is 1. The van der Waals surface area contributed by atoms with Gasteiger partial charge in [-0.1, -0.05) is 4.49 Å². The number of aryl methyl sites for hydroxylation is 1. The Balaban J connectivity index is 2.24. The van der Waals surface area contributed by atoms with E-state index >= 15 is 0 Å². The van der Waals surface area contributed by atoms with Gasteiger partial charge in [-0.25, -0.2) is 0 Å². The predicted octanol–water partition coefficient (Wildman–Crippen LogP) is 1.70. The maximum atomic E-state index is 5.92. The first-order chi connectivity index (χ1) is 10.0. The molecule has 2 N–H and O–H groups in total. The molecule has 0 radical (unpaired) electrons. The average molecular weight is 307 g/mol. The second-order valence-electron chi connectivity index (χ2n) is 4.76. The summed E-state index contributed by atoms with van der Waals surface area (Å²) < 4.78 is 3.96. The SMILES string of the molecule is CCN(CC)c1nc(N)cc(N(C)Cc2snnc2C)n1. The summed E-state index contributed by atoms with van der Waals surface area (Å²) in [6, 6.07) is 1.79. The zero-order valence-electron chi connectivity index (χ0n) is 12.9. The van der Waals surface area contributed by atoms with Crippen LogP contribution in [0.25, 0.3) is 0 Å². The van der Waals surface area contributed by atoms with E-state index in [1.807, 2.05) is 18.9 Å².